The Balaban J connectivity index is 1.91. The first-order valence-electron chi connectivity index (χ1n) is 7.43. The van der Waals surface area contributed by atoms with E-state index in [0.29, 0.717) is 18.4 Å². The molecule has 1 saturated heterocycles. The van der Waals surface area contributed by atoms with E-state index in [4.69, 9.17) is 9.84 Å². The summed E-state index contributed by atoms with van der Waals surface area (Å²) in [5, 5.41) is 11.7. The summed E-state index contributed by atoms with van der Waals surface area (Å²) in [7, 11) is 0. The van der Waals surface area contributed by atoms with Crippen LogP contribution in [0.3, 0.4) is 0 Å². The van der Waals surface area contributed by atoms with Crippen LogP contribution >= 0.6 is 0 Å². The largest absolute Gasteiger partial charge is 0.481 e. The number of carbonyl (C=O) groups is 2. The van der Waals surface area contributed by atoms with Crippen molar-refractivity contribution in [2.75, 3.05) is 6.61 Å². The monoisotopic (exact) mass is 309 g/mol. The predicted molar refractivity (Wildman–Crippen MR) is 77.7 cm³/mol. The average Bonchev–Trinajstić information content (AvgIpc) is 2.98. The number of carboxylic acid groups (broad SMARTS) is 1. The van der Waals surface area contributed by atoms with E-state index in [9.17, 15) is 14.0 Å². The molecule has 120 valence electrons. The summed E-state index contributed by atoms with van der Waals surface area (Å²) >= 11 is 0. The van der Waals surface area contributed by atoms with Gasteiger partial charge in [-0.2, -0.15) is 0 Å². The highest BCUT2D eigenvalue weighted by molar-refractivity contribution is 5.77. The summed E-state index contributed by atoms with van der Waals surface area (Å²) in [6, 6.07) is 4.83. The molecule has 1 amide bonds. The van der Waals surface area contributed by atoms with E-state index in [-0.39, 0.29) is 18.4 Å². The van der Waals surface area contributed by atoms with Crippen molar-refractivity contribution >= 4 is 11.9 Å². The minimum atomic E-state index is -1.02. The van der Waals surface area contributed by atoms with E-state index >= 15 is 0 Å². The van der Waals surface area contributed by atoms with E-state index in [0.717, 1.165) is 19.4 Å². The SMILES string of the molecule is O=C(O)CC(NC(=O)CCC1CCCO1)c1ccc(F)cc1. The number of benzene rings is 1. The minimum absolute atomic E-state index is 0.120. The van der Waals surface area contributed by atoms with Crippen molar-refractivity contribution in [2.45, 2.75) is 44.2 Å². The number of rotatable bonds is 7. The molecular weight excluding hydrogens is 289 g/mol. The van der Waals surface area contributed by atoms with Crippen molar-refractivity contribution in [2.24, 2.45) is 0 Å². The lowest BCUT2D eigenvalue weighted by Gasteiger charge is -2.18. The van der Waals surface area contributed by atoms with Crippen molar-refractivity contribution in [1.29, 1.82) is 0 Å². The van der Waals surface area contributed by atoms with E-state index in [1.165, 1.54) is 24.3 Å². The second-order valence-electron chi connectivity index (χ2n) is 5.44. The molecule has 0 bridgehead atoms. The molecule has 0 aliphatic carbocycles. The van der Waals surface area contributed by atoms with Crippen molar-refractivity contribution in [3.05, 3.63) is 35.6 Å². The third-order valence-corrected chi connectivity index (χ3v) is 3.70. The van der Waals surface area contributed by atoms with Crippen LogP contribution in [-0.4, -0.2) is 29.7 Å². The second-order valence-corrected chi connectivity index (χ2v) is 5.44. The van der Waals surface area contributed by atoms with Crippen LogP contribution in [0.25, 0.3) is 0 Å². The molecular formula is C16H20FNO4. The second kappa shape index (κ2) is 7.89. The average molecular weight is 309 g/mol. The number of hydrogen-bond donors (Lipinski definition) is 2. The zero-order valence-corrected chi connectivity index (χ0v) is 12.3. The lowest BCUT2D eigenvalue weighted by molar-refractivity contribution is -0.137. The maximum atomic E-state index is 13.0. The highest BCUT2D eigenvalue weighted by Crippen LogP contribution is 2.20. The summed E-state index contributed by atoms with van der Waals surface area (Å²) in [5.41, 5.74) is 0.578. The van der Waals surface area contributed by atoms with Gasteiger partial charge in [0.15, 0.2) is 0 Å². The third-order valence-electron chi connectivity index (χ3n) is 3.70. The fraction of sp³-hybridized carbons (Fsp3) is 0.500. The molecule has 1 fully saturated rings. The van der Waals surface area contributed by atoms with E-state index in [2.05, 4.69) is 5.32 Å². The van der Waals surface area contributed by atoms with Crippen LogP contribution in [0.5, 0.6) is 0 Å². The molecule has 1 aromatic carbocycles. The molecule has 1 aliphatic rings. The molecule has 2 unspecified atom stereocenters. The Labute approximate surface area is 128 Å². The molecule has 2 N–H and O–H groups in total. The van der Waals surface area contributed by atoms with Crippen LogP contribution in [0.1, 0.15) is 43.7 Å². The first kappa shape index (κ1) is 16.4. The quantitative estimate of drug-likeness (QED) is 0.811. The van der Waals surface area contributed by atoms with Crippen molar-refractivity contribution in [3.63, 3.8) is 0 Å². The molecule has 22 heavy (non-hydrogen) atoms. The molecule has 5 nitrogen and oxygen atoms in total. The molecule has 0 saturated carbocycles. The van der Waals surface area contributed by atoms with Crippen molar-refractivity contribution < 1.29 is 23.8 Å². The van der Waals surface area contributed by atoms with Gasteiger partial charge >= 0.3 is 5.97 Å². The number of aliphatic carboxylic acids is 1. The fourth-order valence-electron chi connectivity index (χ4n) is 2.55. The molecule has 1 aromatic rings. The molecule has 2 rings (SSSR count). The minimum Gasteiger partial charge on any atom is -0.481 e. The number of nitrogens with one attached hydrogen (secondary N) is 1. The maximum absolute atomic E-state index is 13.0. The van der Waals surface area contributed by atoms with Gasteiger partial charge in [-0.25, -0.2) is 4.39 Å². The van der Waals surface area contributed by atoms with Gasteiger partial charge in [0.05, 0.1) is 18.6 Å². The van der Waals surface area contributed by atoms with Crippen molar-refractivity contribution in [1.82, 2.24) is 5.32 Å². The first-order valence-corrected chi connectivity index (χ1v) is 7.43. The van der Waals surface area contributed by atoms with Gasteiger partial charge in [0, 0.05) is 13.0 Å². The van der Waals surface area contributed by atoms with Crippen LogP contribution < -0.4 is 5.32 Å². The smallest absolute Gasteiger partial charge is 0.305 e. The highest BCUT2D eigenvalue weighted by Gasteiger charge is 2.20. The van der Waals surface area contributed by atoms with Crippen LogP contribution in [0.15, 0.2) is 24.3 Å². The van der Waals surface area contributed by atoms with Crippen LogP contribution in [-0.2, 0) is 14.3 Å². The standard InChI is InChI=1S/C16H20FNO4/c17-12-5-3-11(4-6-12)14(10-16(20)21)18-15(19)8-7-13-2-1-9-22-13/h3-6,13-14H,1-2,7-10H2,(H,18,19)(H,20,21). The number of amides is 1. The topological polar surface area (TPSA) is 75.6 Å². The first-order chi connectivity index (χ1) is 10.5. The Morgan fingerprint density at radius 2 is 2.09 bits per heavy atom. The summed E-state index contributed by atoms with van der Waals surface area (Å²) in [6.45, 7) is 0.740. The molecule has 2 atom stereocenters. The summed E-state index contributed by atoms with van der Waals surface area (Å²) in [6.07, 6.45) is 2.79. The number of ether oxygens (including phenoxy) is 1. The summed E-state index contributed by atoms with van der Waals surface area (Å²) < 4.78 is 18.4. The Morgan fingerprint density at radius 3 is 2.68 bits per heavy atom. The fourth-order valence-corrected chi connectivity index (χ4v) is 2.55. The number of carboxylic acids is 1. The third kappa shape index (κ3) is 5.11. The maximum Gasteiger partial charge on any atom is 0.305 e. The summed E-state index contributed by atoms with van der Waals surface area (Å²) in [5.74, 6) is -1.64. The van der Waals surface area contributed by atoms with Gasteiger partial charge in [-0.05, 0) is 37.0 Å². The highest BCUT2D eigenvalue weighted by atomic mass is 19.1. The van der Waals surface area contributed by atoms with Crippen molar-refractivity contribution in [3.8, 4) is 0 Å². The lowest BCUT2D eigenvalue weighted by Crippen LogP contribution is -2.30. The molecule has 1 heterocycles. The molecule has 1 aliphatic heterocycles. The Morgan fingerprint density at radius 1 is 1.36 bits per heavy atom. The normalized spacial score (nSPS) is 18.9. The van der Waals surface area contributed by atoms with Gasteiger partial charge in [-0.1, -0.05) is 12.1 Å². The molecule has 0 spiro atoms. The zero-order valence-electron chi connectivity index (χ0n) is 12.3. The number of halogens is 1. The summed E-state index contributed by atoms with van der Waals surface area (Å²) in [4.78, 5) is 23.0. The van der Waals surface area contributed by atoms with Gasteiger partial charge in [-0.15, -0.1) is 0 Å². The van der Waals surface area contributed by atoms with E-state index in [1.807, 2.05) is 0 Å². The Kier molecular flexibility index (Phi) is 5.89. The van der Waals surface area contributed by atoms with Gasteiger partial charge in [-0.3, -0.25) is 9.59 Å². The van der Waals surface area contributed by atoms with E-state index in [1.54, 1.807) is 0 Å². The zero-order chi connectivity index (χ0) is 15.9. The van der Waals surface area contributed by atoms with Gasteiger partial charge in [0.25, 0.3) is 0 Å². The van der Waals surface area contributed by atoms with Crippen LogP contribution in [0.2, 0.25) is 0 Å². The van der Waals surface area contributed by atoms with Crippen LogP contribution in [0.4, 0.5) is 4.39 Å². The molecule has 6 heteroatoms. The Hall–Kier alpha value is -1.95. The molecule has 0 aromatic heterocycles. The predicted octanol–water partition coefficient (Wildman–Crippen LogP) is 2.42. The van der Waals surface area contributed by atoms with Crippen LogP contribution in [0, 0.1) is 5.82 Å². The number of hydrogen-bond acceptors (Lipinski definition) is 3. The van der Waals surface area contributed by atoms with Gasteiger partial charge in [0.1, 0.15) is 5.82 Å². The van der Waals surface area contributed by atoms with E-state index < -0.39 is 17.8 Å². The lowest BCUT2D eigenvalue weighted by atomic mass is 10.0. The van der Waals surface area contributed by atoms with Gasteiger partial charge in [0.2, 0.25) is 5.91 Å². The number of carbonyl (C=O) groups excluding carboxylic acids is 1. The van der Waals surface area contributed by atoms with Gasteiger partial charge < -0.3 is 15.2 Å². The molecule has 0 radical (unpaired) electrons. The Bertz CT molecular complexity index is 511.